The van der Waals surface area contributed by atoms with E-state index < -0.39 is 11.6 Å². The first-order chi connectivity index (χ1) is 9.76. The third kappa shape index (κ3) is 4.05. The highest BCUT2D eigenvalue weighted by Gasteiger charge is 2.16. The van der Waals surface area contributed by atoms with Gasteiger partial charge in [-0.3, -0.25) is 4.79 Å². The summed E-state index contributed by atoms with van der Waals surface area (Å²) in [6.07, 6.45) is 0. The molecule has 4 heteroatoms. The van der Waals surface area contributed by atoms with Crippen LogP contribution in [0, 0.1) is 5.82 Å². The number of rotatable bonds is 3. The van der Waals surface area contributed by atoms with Gasteiger partial charge in [-0.2, -0.15) is 0 Å². The van der Waals surface area contributed by atoms with Crippen LogP contribution in [0.15, 0.2) is 42.5 Å². The second kappa shape index (κ2) is 5.86. The second-order valence-corrected chi connectivity index (χ2v) is 6.13. The Labute approximate surface area is 128 Å². The molecule has 2 nitrogen and oxygen atoms in total. The van der Waals surface area contributed by atoms with Gasteiger partial charge < -0.3 is 4.74 Å². The van der Waals surface area contributed by atoms with Gasteiger partial charge in [-0.05, 0) is 63.2 Å². The van der Waals surface area contributed by atoms with Crippen LogP contribution in [0.5, 0.6) is 5.75 Å². The van der Waals surface area contributed by atoms with Gasteiger partial charge in [0.05, 0.1) is 5.56 Å². The minimum absolute atomic E-state index is 0.0352. The summed E-state index contributed by atoms with van der Waals surface area (Å²) < 4.78 is 19.4. The van der Waals surface area contributed by atoms with Crippen LogP contribution in [-0.4, -0.2) is 11.4 Å². The van der Waals surface area contributed by atoms with E-state index in [4.69, 9.17) is 16.3 Å². The molecule has 0 radical (unpaired) electrons. The minimum Gasteiger partial charge on any atom is -0.488 e. The van der Waals surface area contributed by atoms with E-state index in [0.29, 0.717) is 16.3 Å². The van der Waals surface area contributed by atoms with Crippen LogP contribution in [0.25, 0.3) is 0 Å². The molecule has 110 valence electrons. The molecule has 0 spiro atoms. The van der Waals surface area contributed by atoms with E-state index in [1.807, 2.05) is 20.8 Å². The van der Waals surface area contributed by atoms with Crippen molar-refractivity contribution in [1.29, 1.82) is 0 Å². The average Bonchev–Trinajstić information content (AvgIpc) is 2.40. The van der Waals surface area contributed by atoms with E-state index in [0.717, 1.165) is 0 Å². The first-order valence-electron chi connectivity index (χ1n) is 6.55. The van der Waals surface area contributed by atoms with Gasteiger partial charge in [0.25, 0.3) is 0 Å². The molecule has 0 heterocycles. The van der Waals surface area contributed by atoms with Crippen LogP contribution >= 0.6 is 11.6 Å². The van der Waals surface area contributed by atoms with Crippen LogP contribution in [0.2, 0.25) is 5.02 Å². The fourth-order valence-electron chi connectivity index (χ4n) is 1.85. The lowest BCUT2D eigenvalue weighted by atomic mass is 10.0. The molecular weight excluding hydrogens is 291 g/mol. The van der Waals surface area contributed by atoms with Crippen molar-refractivity contribution in [1.82, 2.24) is 0 Å². The zero-order valence-electron chi connectivity index (χ0n) is 12.1. The van der Waals surface area contributed by atoms with Gasteiger partial charge in [0.2, 0.25) is 0 Å². The van der Waals surface area contributed by atoms with Crippen LogP contribution in [-0.2, 0) is 0 Å². The van der Waals surface area contributed by atoms with E-state index >= 15 is 0 Å². The Hall–Kier alpha value is -1.87. The first-order valence-corrected chi connectivity index (χ1v) is 6.93. The molecule has 0 saturated heterocycles. The summed E-state index contributed by atoms with van der Waals surface area (Å²) in [5.74, 6) is -0.331. The van der Waals surface area contributed by atoms with Crippen molar-refractivity contribution < 1.29 is 13.9 Å². The van der Waals surface area contributed by atoms with Gasteiger partial charge in [0, 0.05) is 10.6 Å². The molecule has 0 aromatic heterocycles. The first kappa shape index (κ1) is 15.5. The summed E-state index contributed by atoms with van der Waals surface area (Å²) in [6, 6.07) is 10.6. The minimum atomic E-state index is -0.584. The molecule has 21 heavy (non-hydrogen) atoms. The molecule has 0 atom stereocenters. The SMILES string of the molecule is CC(C)(C)Oc1ccc(C(=O)c2cc(Cl)ccc2F)cc1. The highest BCUT2D eigenvalue weighted by molar-refractivity contribution is 6.31. The Bertz CT molecular complexity index is 657. The van der Waals surface area contributed by atoms with Gasteiger partial charge >= 0.3 is 0 Å². The number of carbonyl (C=O) groups is 1. The van der Waals surface area contributed by atoms with Gasteiger partial charge in [-0.15, -0.1) is 0 Å². The van der Waals surface area contributed by atoms with E-state index in [1.165, 1.54) is 18.2 Å². The third-order valence-corrected chi connectivity index (χ3v) is 2.95. The summed E-state index contributed by atoms with van der Waals surface area (Å²) in [4.78, 5) is 12.3. The normalized spacial score (nSPS) is 11.3. The molecule has 2 aromatic carbocycles. The largest absolute Gasteiger partial charge is 0.488 e. The van der Waals surface area contributed by atoms with E-state index in [-0.39, 0.29) is 11.2 Å². The zero-order chi connectivity index (χ0) is 15.6. The molecule has 0 bridgehead atoms. The molecule has 0 aliphatic rings. The number of halogens is 2. The standard InChI is InChI=1S/C17H16ClFO2/c1-17(2,3)21-13-7-4-11(5-8-13)16(20)14-10-12(18)6-9-15(14)19/h4-10H,1-3H3. The lowest BCUT2D eigenvalue weighted by Gasteiger charge is -2.21. The molecule has 2 aromatic rings. The second-order valence-electron chi connectivity index (χ2n) is 5.69. The van der Waals surface area contributed by atoms with Crippen LogP contribution in [0.4, 0.5) is 4.39 Å². The predicted octanol–water partition coefficient (Wildman–Crippen LogP) is 4.89. The van der Waals surface area contributed by atoms with Crippen LogP contribution in [0.1, 0.15) is 36.7 Å². The van der Waals surface area contributed by atoms with Crippen molar-refractivity contribution in [2.45, 2.75) is 26.4 Å². The number of hydrogen-bond acceptors (Lipinski definition) is 2. The zero-order valence-corrected chi connectivity index (χ0v) is 12.9. The van der Waals surface area contributed by atoms with Gasteiger partial charge in [-0.25, -0.2) is 4.39 Å². The summed E-state index contributed by atoms with van der Waals surface area (Å²) in [5, 5.41) is 0.326. The monoisotopic (exact) mass is 306 g/mol. The number of ketones is 1. The van der Waals surface area contributed by atoms with Crippen LogP contribution in [0.3, 0.4) is 0 Å². The molecule has 0 aliphatic heterocycles. The Morgan fingerprint density at radius 2 is 1.71 bits per heavy atom. The Balaban J connectivity index is 2.26. The summed E-state index contributed by atoms with van der Waals surface area (Å²) in [7, 11) is 0. The van der Waals surface area contributed by atoms with Crippen LogP contribution < -0.4 is 4.74 Å². The maximum atomic E-state index is 13.7. The van der Waals surface area contributed by atoms with Gasteiger partial charge in [0.1, 0.15) is 17.2 Å². The summed E-state index contributed by atoms with van der Waals surface area (Å²) in [5.41, 5.74) is 0.0364. The Morgan fingerprint density at radius 3 is 2.29 bits per heavy atom. The van der Waals surface area contributed by atoms with E-state index in [2.05, 4.69) is 0 Å². The Morgan fingerprint density at radius 1 is 1.10 bits per heavy atom. The van der Waals surface area contributed by atoms with Crippen molar-refractivity contribution in [3.05, 3.63) is 64.4 Å². The van der Waals surface area contributed by atoms with Gasteiger partial charge in [0.15, 0.2) is 5.78 Å². The van der Waals surface area contributed by atoms with Crippen molar-refractivity contribution in [2.24, 2.45) is 0 Å². The van der Waals surface area contributed by atoms with Gasteiger partial charge in [-0.1, -0.05) is 11.6 Å². The highest BCUT2D eigenvalue weighted by Crippen LogP contribution is 2.22. The molecule has 0 fully saturated rings. The smallest absolute Gasteiger partial charge is 0.196 e. The van der Waals surface area contributed by atoms with E-state index in [9.17, 15) is 9.18 Å². The molecule has 2 rings (SSSR count). The number of carbonyl (C=O) groups excluding carboxylic acids is 1. The van der Waals surface area contributed by atoms with E-state index in [1.54, 1.807) is 24.3 Å². The number of benzene rings is 2. The summed E-state index contributed by atoms with van der Waals surface area (Å²) >= 11 is 5.81. The molecular formula is C17H16ClFO2. The topological polar surface area (TPSA) is 26.3 Å². The van der Waals surface area contributed by atoms with Crippen molar-refractivity contribution in [2.75, 3.05) is 0 Å². The highest BCUT2D eigenvalue weighted by atomic mass is 35.5. The molecule has 0 N–H and O–H groups in total. The van der Waals surface area contributed by atoms with Crippen molar-refractivity contribution in [3.63, 3.8) is 0 Å². The fourth-order valence-corrected chi connectivity index (χ4v) is 2.03. The number of ether oxygens (including phenoxy) is 1. The average molecular weight is 307 g/mol. The maximum Gasteiger partial charge on any atom is 0.196 e. The lowest BCUT2D eigenvalue weighted by molar-refractivity contribution is 0.103. The van der Waals surface area contributed by atoms with Crippen molar-refractivity contribution >= 4 is 17.4 Å². The Kier molecular flexibility index (Phi) is 4.33. The summed E-state index contributed by atoms with van der Waals surface area (Å²) in [6.45, 7) is 5.81. The quantitative estimate of drug-likeness (QED) is 0.755. The van der Waals surface area contributed by atoms with Crippen molar-refractivity contribution in [3.8, 4) is 5.75 Å². The number of hydrogen-bond donors (Lipinski definition) is 0. The maximum absolute atomic E-state index is 13.7. The molecule has 0 aliphatic carbocycles. The molecule has 0 unspecified atom stereocenters. The molecule has 0 amide bonds. The third-order valence-electron chi connectivity index (χ3n) is 2.71. The molecule has 0 saturated carbocycles. The lowest BCUT2D eigenvalue weighted by Crippen LogP contribution is -2.22. The fraction of sp³-hybridized carbons (Fsp3) is 0.235. The predicted molar refractivity (Wildman–Crippen MR) is 81.7 cm³/mol.